The molecule has 1 aromatic carbocycles. The van der Waals surface area contributed by atoms with Crippen molar-refractivity contribution in [3.05, 3.63) is 41.6 Å². The summed E-state index contributed by atoms with van der Waals surface area (Å²) in [5.74, 6) is 0.889. The number of ether oxygens (including phenoxy) is 1. The van der Waals surface area contributed by atoms with Crippen molar-refractivity contribution in [1.82, 2.24) is 15.0 Å². The zero-order chi connectivity index (χ0) is 13.2. The number of hydrogen-bond donors (Lipinski definition) is 2. The fraction of sp³-hybridized carbons (Fsp3) is 0.0833. The van der Waals surface area contributed by atoms with E-state index in [4.69, 9.17) is 17.0 Å². The molecule has 3 rings (SSSR count). The molecule has 0 radical (unpaired) electrons. The van der Waals surface area contributed by atoms with Crippen LogP contribution in [0.25, 0.3) is 11.2 Å². The van der Waals surface area contributed by atoms with Gasteiger partial charge in [0.15, 0.2) is 0 Å². The SMILES string of the molecule is COc1cc[c]([Hg][n+]2c[nH]c3[nH]cnc(=S)c32)cc1. The molecule has 0 aliphatic carbocycles. The molecule has 0 saturated carbocycles. The zero-order valence-electron chi connectivity index (χ0n) is 10.4. The van der Waals surface area contributed by atoms with Gasteiger partial charge in [-0.2, -0.15) is 0 Å². The number of nitrogens with zero attached hydrogens (tertiary/aromatic N) is 2. The first-order valence-electron chi connectivity index (χ1n) is 5.85. The van der Waals surface area contributed by atoms with E-state index in [0.717, 1.165) is 16.9 Å². The summed E-state index contributed by atoms with van der Waals surface area (Å²) in [5.41, 5.74) is 1.95. The molecule has 5 nitrogen and oxygen atoms in total. The van der Waals surface area contributed by atoms with Crippen LogP contribution in [-0.2, 0) is 24.9 Å². The fourth-order valence-electron chi connectivity index (χ4n) is 2.03. The van der Waals surface area contributed by atoms with Crippen LogP contribution in [0.1, 0.15) is 0 Å². The van der Waals surface area contributed by atoms with Crippen LogP contribution in [-0.4, -0.2) is 22.1 Å². The Kier molecular flexibility index (Phi) is 3.61. The molecule has 0 fully saturated rings. The molecule has 19 heavy (non-hydrogen) atoms. The summed E-state index contributed by atoms with van der Waals surface area (Å²) in [5, 5.41) is 0. The topological polar surface area (TPSA) is 57.6 Å². The molecule has 0 amide bonds. The average Bonchev–Trinajstić information content (AvgIpc) is 2.84. The van der Waals surface area contributed by atoms with Gasteiger partial charge in [0.25, 0.3) is 0 Å². The molecule has 2 N–H and O–H groups in total. The molecular formula is C12H11HgN4OS+. The molecule has 0 aliphatic rings. The Hall–Kier alpha value is -1.27. The summed E-state index contributed by atoms with van der Waals surface area (Å²) < 4.78 is 9.48. The monoisotopic (exact) mass is 461 g/mol. The zero-order valence-corrected chi connectivity index (χ0v) is 16.7. The van der Waals surface area contributed by atoms with E-state index in [2.05, 4.69) is 29.4 Å². The number of methoxy groups -OCH3 is 1. The summed E-state index contributed by atoms with van der Waals surface area (Å²) in [6, 6.07) is 8.28. The predicted octanol–water partition coefficient (Wildman–Crippen LogP) is 1.09. The van der Waals surface area contributed by atoms with Crippen LogP contribution in [0.4, 0.5) is 0 Å². The van der Waals surface area contributed by atoms with Crippen molar-refractivity contribution in [3.8, 4) is 5.75 Å². The number of imidazole rings is 1. The summed E-state index contributed by atoms with van der Waals surface area (Å²) >= 11 is 3.81. The molecule has 7 heteroatoms. The van der Waals surface area contributed by atoms with Crippen molar-refractivity contribution in [2.24, 2.45) is 0 Å². The second kappa shape index (κ2) is 5.38. The van der Waals surface area contributed by atoms with E-state index < -0.39 is 24.9 Å². The van der Waals surface area contributed by atoms with Gasteiger partial charge in [-0.1, -0.05) is 0 Å². The van der Waals surface area contributed by atoms with Gasteiger partial charge in [0.2, 0.25) is 0 Å². The minimum atomic E-state index is -1.49. The Bertz CT molecular complexity index is 765. The second-order valence-electron chi connectivity index (χ2n) is 4.18. The van der Waals surface area contributed by atoms with Gasteiger partial charge in [-0.15, -0.1) is 0 Å². The summed E-state index contributed by atoms with van der Waals surface area (Å²) in [4.78, 5) is 10.4. The summed E-state index contributed by atoms with van der Waals surface area (Å²) in [7, 11) is 1.68. The van der Waals surface area contributed by atoms with E-state index in [1.54, 1.807) is 13.4 Å². The second-order valence-corrected chi connectivity index (χ2v) is 11.6. The van der Waals surface area contributed by atoms with Gasteiger partial charge in [-0.05, 0) is 0 Å². The third kappa shape index (κ3) is 2.55. The third-order valence-corrected chi connectivity index (χ3v) is 9.81. The number of benzene rings is 1. The molecule has 2 heterocycles. The number of hydrogen-bond acceptors (Lipinski definition) is 3. The van der Waals surface area contributed by atoms with Crippen molar-refractivity contribution >= 4 is 26.5 Å². The van der Waals surface area contributed by atoms with Gasteiger partial charge in [-0.25, -0.2) is 0 Å². The van der Waals surface area contributed by atoms with E-state index in [0.29, 0.717) is 4.64 Å². The molecular weight excluding hydrogens is 449 g/mol. The number of aromatic amines is 2. The molecule has 0 unspecified atom stereocenters. The molecule has 0 bridgehead atoms. The van der Waals surface area contributed by atoms with E-state index in [9.17, 15) is 0 Å². The van der Waals surface area contributed by atoms with Crippen LogP contribution in [0.2, 0.25) is 0 Å². The molecule has 0 spiro atoms. The molecule has 0 saturated heterocycles. The first-order valence-corrected chi connectivity index (χ1v) is 11.5. The van der Waals surface area contributed by atoms with Crippen molar-refractivity contribution in [2.75, 3.05) is 7.11 Å². The first-order chi connectivity index (χ1) is 9.28. The maximum absolute atomic E-state index is 5.29. The summed E-state index contributed by atoms with van der Waals surface area (Å²) in [6.07, 6.45) is 3.61. The predicted molar refractivity (Wildman–Crippen MR) is 69.5 cm³/mol. The minimum absolute atomic E-state index is 0.642. The Morgan fingerprint density at radius 1 is 1.26 bits per heavy atom. The van der Waals surface area contributed by atoms with Crippen molar-refractivity contribution < 1.29 is 31.9 Å². The quantitative estimate of drug-likeness (QED) is 0.455. The Balaban J connectivity index is 1.98. The van der Waals surface area contributed by atoms with Crippen LogP contribution in [0.5, 0.6) is 5.75 Å². The van der Waals surface area contributed by atoms with Gasteiger partial charge in [0, 0.05) is 0 Å². The van der Waals surface area contributed by atoms with Crippen LogP contribution in [0.15, 0.2) is 36.9 Å². The standard InChI is InChI=1S/C7H7O.C5H4N4S.Hg/c1-8-7-5-3-2-4-6-7;10-5-3-4(7-1-6-3)8-2-9-5;/h3-6H,1H3;1-2H,(H2,6,7,8,9,10);/q;;+1. The molecule has 3 aromatic rings. The number of aromatic nitrogens is 4. The van der Waals surface area contributed by atoms with Gasteiger partial charge in [0.05, 0.1) is 0 Å². The van der Waals surface area contributed by atoms with Crippen LogP contribution < -0.4 is 10.1 Å². The number of H-pyrrole nitrogens is 2. The average molecular weight is 460 g/mol. The van der Waals surface area contributed by atoms with Crippen molar-refractivity contribution in [2.45, 2.75) is 0 Å². The van der Waals surface area contributed by atoms with E-state index in [1.165, 1.54) is 3.07 Å². The molecule has 0 aliphatic heterocycles. The van der Waals surface area contributed by atoms with Crippen LogP contribution >= 0.6 is 12.2 Å². The summed E-state index contributed by atoms with van der Waals surface area (Å²) in [6.45, 7) is 0. The van der Waals surface area contributed by atoms with Crippen molar-refractivity contribution in [1.29, 1.82) is 0 Å². The molecule has 0 atom stereocenters. The maximum atomic E-state index is 5.29. The van der Waals surface area contributed by atoms with Crippen LogP contribution in [0, 0.1) is 4.64 Å². The van der Waals surface area contributed by atoms with Gasteiger partial charge in [-0.3, -0.25) is 0 Å². The Morgan fingerprint density at radius 2 is 2.05 bits per heavy atom. The van der Waals surface area contributed by atoms with E-state index in [1.807, 2.05) is 18.5 Å². The van der Waals surface area contributed by atoms with Gasteiger partial charge < -0.3 is 0 Å². The number of nitrogens with one attached hydrogen (secondary N) is 2. The number of rotatable bonds is 3. The van der Waals surface area contributed by atoms with Crippen molar-refractivity contribution in [3.63, 3.8) is 0 Å². The Labute approximate surface area is 127 Å². The molecule has 2 aromatic heterocycles. The number of fused-ring (bicyclic) bond motifs is 1. The normalized spacial score (nSPS) is 10.4. The first kappa shape index (κ1) is 12.7. The molecule has 92 valence electrons. The van der Waals surface area contributed by atoms with Crippen LogP contribution in [0.3, 0.4) is 0 Å². The van der Waals surface area contributed by atoms with E-state index >= 15 is 0 Å². The van der Waals surface area contributed by atoms with Gasteiger partial charge in [0.1, 0.15) is 0 Å². The fourth-order valence-corrected chi connectivity index (χ4v) is 8.53. The third-order valence-electron chi connectivity index (χ3n) is 2.99. The van der Waals surface area contributed by atoms with Gasteiger partial charge >= 0.3 is 128 Å². The Morgan fingerprint density at radius 3 is 2.79 bits per heavy atom. The van der Waals surface area contributed by atoms with E-state index in [-0.39, 0.29) is 0 Å².